The molecule has 1 fully saturated rings. The summed E-state index contributed by atoms with van der Waals surface area (Å²) in [4.78, 5) is 19.3. The van der Waals surface area contributed by atoms with E-state index in [0.717, 1.165) is 29.8 Å². The summed E-state index contributed by atoms with van der Waals surface area (Å²) >= 11 is 0. The number of anilines is 1. The van der Waals surface area contributed by atoms with Gasteiger partial charge in [0, 0.05) is 17.5 Å². The Morgan fingerprint density at radius 1 is 0.967 bits per heavy atom. The van der Waals surface area contributed by atoms with Crippen LogP contribution in [0.3, 0.4) is 0 Å². The van der Waals surface area contributed by atoms with Crippen molar-refractivity contribution in [3.8, 4) is 11.3 Å². The van der Waals surface area contributed by atoms with Gasteiger partial charge in [-0.15, -0.1) is 5.10 Å². The molecule has 1 saturated carbocycles. The number of hydrogen-bond acceptors (Lipinski definition) is 4. The number of hydrogen-bond donors (Lipinski definition) is 2. The molecule has 1 aliphatic rings. The van der Waals surface area contributed by atoms with E-state index in [1.807, 2.05) is 48.7 Å². The molecule has 4 aromatic rings. The molecule has 0 spiro atoms. The van der Waals surface area contributed by atoms with Crippen molar-refractivity contribution in [3.63, 3.8) is 0 Å². The Balaban J connectivity index is 0.000000667. The number of aromatic nitrogens is 4. The molecule has 0 aliphatic heterocycles. The van der Waals surface area contributed by atoms with Crippen LogP contribution < -0.4 is 5.32 Å². The lowest BCUT2D eigenvalue weighted by molar-refractivity contribution is 0.209. The summed E-state index contributed by atoms with van der Waals surface area (Å²) in [5.41, 5.74) is 4.70. The Morgan fingerprint density at radius 2 is 1.77 bits per heavy atom. The fraction of sp³-hybridized carbons (Fsp3) is 0.217. The summed E-state index contributed by atoms with van der Waals surface area (Å²) in [6, 6.07) is 19.8. The van der Waals surface area contributed by atoms with Gasteiger partial charge in [-0.2, -0.15) is 4.98 Å². The summed E-state index contributed by atoms with van der Waals surface area (Å²) in [5.74, 6) is 0.0573. The van der Waals surface area contributed by atoms with Crippen molar-refractivity contribution in [2.75, 3.05) is 5.32 Å². The van der Waals surface area contributed by atoms with Gasteiger partial charge in [-0.05, 0) is 42.7 Å². The van der Waals surface area contributed by atoms with Gasteiger partial charge in [0.05, 0.1) is 5.69 Å². The molecule has 7 nitrogen and oxygen atoms in total. The number of aryl methyl sites for hydroxylation is 2. The van der Waals surface area contributed by atoms with Crippen molar-refractivity contribution in [2.45, 2.75) is 32.1 Å². The van der Waals surface area contributed by atoms with E-state index in [2.05, 4.69) is 32.5 Å². The van der Waals surface area contributed by atoms with E-state index in [9.17, 15) is 4.79 Å². The molecular formula is C23H23N5O2. The fourth-order valence-corrected chi connectivity index (χ4v) is 2.93. The third-order valence-corrected chi connectivity index (χ3v) is 4.58. The van der Waals surface area contributed by atoms with Crippen molar-refractivity contribution >= 4 is 17.7 Å². The lowest BCUT2D eigenvalue weighted by Gasteiger charge is -2.06. The average Bonchev–Trinajstić information content (AvgIpc) is 3.59. The van der Waals surface area contributed by atoms with E-state index in [4.69, 9.17) is 5.11 Å². The minimum absolute atomic E-state index is 0.0573. The maximum absolute atomic E-state index is 10.8. The number of amides is 1. The van der Waals surface area contributed by atoms with E-state index in [1.54, 1.807) is 10.6 Å². The molecule has 0 saturated heterocycles. The zero-order valence-electron chi connectivity index (χ0n) is 16.5. The zero-order chi connectivity index (χ0) is 20.8. The topological polar surface area (TPSA) is 92.4 Å². The molecule has 0 atom stereocenters. The Bertz CT molecular complexity index is 1120. The molecular weight excluding hydrogens is 378 g/mol. The second-order valence-electron chi connectivity index (χ2n) is 7.13. The van der Waals surface area contributed by atoms with Crippen LogP contribution in [0.2, 0.25) is 0 Å². The van der Waals surface area contributed by atoms with Crippen LogP contribution in [0.15, 0.2) is 66.9 Å². The predicted molar refractivity (Wildman–Crippen MR) is 116 cm³/mol. The highest BCUT2D eigenvalue weighted by Crippen LogP contribution is 2.22. The van der Waals surface area contributed by atoms with Gasteiger partial charge < -0.3 is 5.11 Å². The number of nitrogens with one attached hydrogen (secondary N) is 1. The van der Waals surface area contributed by atoms with Crippen LogP contribution in [0.5, 0.6) is 0 Å². The molecule has 1 amide bonds. The van der Waals surface area contributed by atoms with Crippen LogP contribution in [0, 0.1) is 0 Å². The largest absolute Gasteiger partial charge is 0.465 e. The summed E-state index contributed by atoms with van der Waals surface area (Å²) in [5, 5.41) is 15.3. The molecule has 5 rings (SSSR count). The number of carboxylic acid groups (broad SMARTS) is 1. The molecule has 0 bridgehead atoms. The molecule has 1 aliphatic carbocycles. The minimum atomic E-state index is -1.19. The molecule has 30 heavy (non-hydrogen) atoms. The molecule has 7 heteroatoms. The van der Waals surface area contributed by atoms with E-state index in [-0.39, 0.29) is 5.95 Å². The highest BCUT2D eigenvalue weighted by Gasteiger charge is 2.10. The van der Waals surface area contributed by atoms with Gasteiger partial charge in [-0.3, -0.25) is 10.3 Å². The molecule has 0 unspecified atom stereocenters. The van der Waals surface area contributed by atoms with Crippen LogP contribution in [-0.4, -0.2) is 30.8 Å². The molecule has 0 radical (unpaired) electrons. The van der Waals surface area contributed by atoms with Crippen LogP contribution >= 0.6 is 0 Å². The van der Waals surface area contributed by atoms with E-state index in [0.29, 0.717) is 5.65 Å². The number of rotatable bonds is 5. The second kappa shape index (κ2) is 9.17. The highest BCUT2D eigenvalue weighted by molar-refractivity contribution is 5.80. The first-order chi connectivity index (χ1) is 14.7. The third-order valence-electron chi connectivity index (χ3n) is 4.58. The maximum atomic E-state index is 10.8. The number of carbonyl (C=O) groups is 1. The standard InChI is InChI=1S/C20H17N5O2.C3H6/c26-20(27)23-19-22-18-6-3-5-17(25(18)24-19)15-10-7-14(8-11-15)9-12-16-4-1-2-13-21-16;1-2-3-1/h1-8,10-11,13H,9,12H2,(H,23,24)(H,26,27);1-3H2. The minimum Gasteiger partial charge on any atom is -0.465 e. The fourth-order valence-electron chi connectivity index (χ4n) is 2.93. The quantitative estimate of drug-likeness (QED) is 0.499. The Morgan fingerprint density at radius 3 is 2.43 bits per heavy atom. The summed E-state index contributed by atoms with van der Waals surface area (Å²) < 4.78 is 1.63. The first-order valence-electron chi connectivity index (χ1n) is 10.0. The predicted octanol–water partition coefficient (Wildman–Crippen LogP) is 4.84. The number of nitrogens with zero attached hydrogens (tertiary/aromatic N) is 4. The molecule has 3 heterocycles. The molecule has 1 aromatic carbocycles. The second-order valence-corrected chi connectivity index (χ2v) is 7.13. The first-order valence-corrected chi connectivity index (χ1v) is 10.0. The van der Waals surface area contributed by atoms with E-state index >= 15 is 0 Å². The third kappa shape index (κ3) is 5.20. The average molecular weight is 401 g/mol. The van der Waals surface area contributed by atoms with Gasteiger partial charge in [-0.25, -0.2) is 9.31 Å². The van der Waals surface area contributed by atoms with Gasteiger partial charge in [-0.1, -0.05) is 55.7 Å². The van der Waals surface area contributed by atoms with Gasteiger partial charge >= 0.3 is 6.09 Å². The lowest BCUT2D eigenvalue weighted by atomic mass is 10.0. The smallest absolute Gasteiger partial charge is 0.411 e. The van der Waals surface area contributed by atoms with Crippen molar-refractivity contribution in [3.05, 3.63) is 78.1 Å². The van der Waals surface area contributed by atoms with Crippen LogP contribution in [0.4, 0.5) is 10.7 Å². The van der Waals surface area contributed by atoms with Crippen molar-refractivity contribution in [1.29, 1.82) is 0 Å². The van der Waals surface area contributed by atoms with Crippen LogP contribution in [0.1, 0.15) is 30.5 Å². The monoisotopic (exact) mass is 401 g/mol. The number of fused-ring (bicyclic) bond motifs is 1. The number of pyridine rings is 2. The Hall–Kier alpha value is -3.74. The van der Waals surface area contributed by atoms with Gasteiger partial charge in [0.1, 0.15) is 0 Å². The van der Waals surface area contributed by atoms with E-state index in [1.165, 1.54) is 24.8 Å². The van der Waals surface area contributed by atoms with Crippen molar-refractivity contribution in [1.82, 2.24) is 19.6 Å². The van der Waals surface area contributed by atoms with Gasteiger partial charge in [0.2, 0.25) is 0 Å². The number of benzene rings is 1. The first kappa shape index (κ1) is 19.6. The van der Waals surface area contributed by atoms with Crippen LogP contribution in [0.25, 0.3) is 16.9 Å². The summed E-state index contributed by atoms with van der Waals surface area (Å²) in [6.07, 6.45) is 6.93. The normalized spacial score (nSPS) is 12.1. The Kier molecular flexibility index (Phi) is 5.98. The maximum Gasteiger partial charge on any atom is 0.411 e. The molecule has 3 aromatic heterocycles. The lowest BCUT2D eigenvalue weighted by Crippen LogP contribution is -2.08. The zero-order valence-corrected chi connectivity index (χ0v) is 16.5. The molecule has 152 valence electrons. The highest BCUT2D eigenvalue weighted by atomic mass is 16.4. The van der Waals surface area contributed by atoms with E-state index < -0.39 is 6.09 Å². The van der Waals surface area contributed by atoms with Gasteiger partial charge in [0.15, 0.2) is 5.65 Å². The SMILES string of the molecule is C1CC1.O=C(O)Nc1nc2cccc(-c3ccc(CCc4ccccn4)cc3)n2n1. The van der Waals surface area contributed by atoms with Crippen molar-refractivity contribution in [2.24, 2.45) is 0 Å². The van der Waals surface area contributed by atoms with Gasteiger partial charge in [0.25, 0.3) is 5.95 Å². The van der Waals surface area contributed by atoms with Crippen LogP contribution in [-0.2, 0) is 12.8 Å². The van der Waals surface area contributed by atoms with Crippen molar-refractivity contribution < 1.29 is 9.90 Å². The Labute approximate surface area is 174 Å². The molecule has 2 N–H and O–H groups in total. The summed E-state index contributed by atoms with van der Waals surface area (Å²) in [6.45, 7) is 0. The summed E-state index contributed by atoms with van der Waals surface area (Å²) in [7, 11) is 0.